The molecule has 8 heteroatoms. The maximum Gasteiger partial charge on any atom is 0.261 e. The monoisotopic (exact) mass is 463 g/mol. The molecule has 0 radical (unpaired) electrons. The van der Waals surface area contributed by atoms with Crippen molar-refractivity contribution in [2.75, 3.05) is 46.4 Å². The summed E-state index contributed by atoms with van der Waals surface area (Å²) in [5, 5.41) is 0. The van der Waals surface area contributed by atoms with Crippen LogP contribution in [-0.2, 0) is 11.3 Å². The van der Waals surface area contributed by atoms with Crippen LogP contribution in [0.1, 0.15) is 49.5 Å². The number of hydrogen-bond acceptors (Lipinski definition) is 6. The Morgan fingerprint density at radius 2 is 1.74 bits per heavy atom. The van der Waals surface area contributed by atoms with Gasteiger partial charge in [0.05, 0.1) is 36.4 Å². The Morgan fingerprint density at radius 3 is 2.35 bits per heavy atom. The zero-order valence-corrected chi connectivity index (χ0v) is 19.4. The van der Waals surface area contributed by atoms with Crippen LogP contribution in [0.3, 0.4) is 0 Å². The van der Waals surface area contributed by atoms with Crippen molar-refractivity contribution in [2.45, 2.75) is 25.5 Å². The molecule has 3 aliphatic rings. The SMILES string of the molecule is COc1ccc(CN2C(=O)c3ccccc3C2=O)cc1C(=O)N1CCN(CC2CCCO2)CC1. The zero-order chi connectivity index (χ0) is 23.7. The van der Waals surface area contributed by atoms with E-state index >= 15 is 0 Å². The van der Waals surface area contributed by atoms with Crippen LogP contribution in [0, 0.1) is 0 Å². The summed E-state index contributed by atoms with van der Waals surface area (Å²) < 4.78 is 11.2. The van der Waals surface area contributed by atoms with Crippen LogP contribution in [0.25, 0.3) is 0 Å². The summed E-state index contributed by atoms with van der Waals surface area (Å²) in [5.41, 5.74) is 1.98. The fraction of sp³-hybridized carbons (Fsp3) is 0.423. The molecule has 34 heavy (non-hydrogen) atoms. The van der Waals surface area contributed by atoms with E-state index in [2.05, 4.69) is 4.90 Å². The van der Waals surface area contributed by atoms with Gasteiger partial charge in [-0.25, -0.2) is 0 Å². The summed E-state index contributed by atoms with van der Waals surface area (Å²) in [6.07, 6.45) is 2.54. The van der Waals surface area contributed by atoms with Gasteiger partial charge in [-0.3, -0.25) is 24.2 Å². The van der Waals surface area contributed by atoms with Gasteiger partial charge in [0.1, 0.15) is 5.75 Å². The molecule has 3 heterocycles. The third-order valence-electron chi connectivity index (χ3n) is 6.86. The van der Waals surface area contributed by atoms with Gasteiger partial charge >= 0.3 is 0 Å². The summed E-state index contributed by atoms with van der Waals surface area (Å²) in [7, 11) is 1.54. The highest BCUT2D eigenvalue weighted by atomic mass is 16.5. The summed E-state index contributed by atoms with van der Waals surface area (Å²) >= 11 is 0. The van der Waals surface area contributed by atoms with E-state index in [4.69, 9.17) is 9.47 Å². The Morgan fingerprint density at radius 1 is 1.03 bits per heavy atom. The lowest BCUT2D eigenvalue weighted by Gasteiger charge is -2.36. The van der Waals surface area contributed by atoms with Gasteiger partial charge in [0.2, 0.25) is 0 Å². The molecule has 3 amide bonds. The molecule has 8 nitrogen and oxygen atoms in total. The number of ether oxygens (including phenoxy) is 2. The minimum Gasteiger partial charge on any atom is -0.496 e. The molecular formula is C26H29N3O5. The molecule has 0 spiro atoms. The molecule has 0 N–H and O–H groups in total. The molecule has 3 aliphatic heterocycles. The maximum atomic E-state index is 13.4. The maximum absolute atomic E-state index is 13.4. The molecular weight excluding hydrogens is 434 g/mol. The molecule has 178 valence electrons. The number of imide groups is 1. The predicted molar refractivity (Wildman–Crippen MR) is 125 cm³/mol. The largest absolute Gasteiger partial charge is 0.496 e. The van der Waals surface area contributed by atoms with Gasteiger partial charge in [-0.1, -0.05) is 18.2 Å². The van der Waals surface area contributed by atoms with Crippen molar-refractivity contribution in [3.63, 3.8) is 0 Å². The van der Waals surface area contributed by atoms with Crippen molar-refractivity contribution in [2.24, 2.45) is 0 Å². The number of rotatable bonds is 6. The predicted octanol–water partition coefficient (Wildman–Crippen LogP) is 2.43. The Balaban J connectivity index is 1.27. The van der Waals surface area contributed by atoms with Crippen LogP contribution >= 0.6 is 0 Å². The average Bonchev–Trinajstić information content (AvgIpc) is 3.47. The molecule has 2 saturated heterocycles. The van der Waals surface area contributed by atoms with E-state index in [0.29, 0.717) is 47.2 Å². The van der Waals surface area contributed by atoms with Crippen LogP contribution < -0.4 is 4.74 Å². The summed E-state index contributed by atoms with van der Waals surface area (Å²) in [6.45, 7) is 4.76. The summed E-state index contributed by atoms with van der Waals surface area (Å²) in [6, 6.07) is 12.1. The number of amides is 3. The van der Waals surface area contributed by atoms with E-state index in [9.17, 15) is 14.4 Å². The lowest BCUT2D eigenvalue weighted by Crippen LogP contribution is -2.50. The Labute approximate surface area is 199 Å². The lowest BCUT2D eigenvalue weighted by atomic mass is 10.1. The number of nitrogens with zero attached hydrogens (tertiary/aromatic N) is 3. The smallest absolute Gasteiger partial charge is 0.261 e. The van der Waals surface area contributed by atoms with Crippen molar-refractivity contribution in [3.8, 4) is 5.75 Å². The molecule has 1 atom stereocenters. The minimum absolute atomic E-state index is 0.0992. The first-order valence-electron chi connectivity index (χ1n) is 11.8. The molecule has 2 aromatic carbocycles. The first kappa shape index (κ1) is 22.6. The highest BCUT2D eigenvalue weighted by molar-refractivity contribution is 6.21. The second-order valence-electron chi connectivity index (χ2n) is 9.00. The number of benzene rings is 2. The topological polar surface area (TPSA) is 79.4 Å². The van der Waals surface area contributed by atoms with Crippen molar-refractivity contribution in [3.05, 3.63) is 64.7 Å². The number of carbonyl (C=O) groups is 3. The van der Waals surface area contributed by atoms with E-state index in [-0.39, 0.29) is 24.3 Å². The molecule has 2 fully saturated rings. The second kappa shape index (κ2) is 9.56. The minimum atomic E-state index is -0.313. The number of piperazine rings is 1. The van der Waals surface area contributed by atoms with E-state index < -0.39 is 0 Å². The van der Waals surface area contributed by atoms with Crippen molar-refractivity contribution in [1.29, 1.82) is 0 Å². The molecule has 0 saturated carbocycles. The summed E-state index contributed by atoms with van der Waals surface area (Å²) in [5.74, 6) is -0.242. The zero-order valence-electron chi connectivity index (χ0n) is 19.4. The van der Waals surface area contributed by atoms with Crippen molar-refractivity contribution in [1.82, 2.24) is 14.7 Å². The lowest BCUT2D eigenvalue weighted by molar-refractivity contribution is 0.0431. The van der Waals surface area contributed by atoms with E-state index in [0.717, 1.165) is 39.1 Å². The quantitative estimate of drug-likeness (QED) is 0.613. The molecule has 0 aromatic heterocycles. The Hall–Kier alpha value is -3.23. The van der Waals surface area contributed by atoms with Crippen molar-refractivity contribution < 1.29 is 23.9 Å². The number of fused-ring (bicyclic) bond motifs is 1. The normalized spacial score (nSPS) is 20.7. The molecule has 0 bridgehead atoms. The highest BCUT2D eigenvalue weighted by Gasteiger charge is 2.35. The fourth-order valence-corrected chi connectivity index (χ4v) is 4.97. The van der Waals surface area contributed by atoms with Crippen LogP contribution in [0.15, 0.2) is 42.5 Å². The van der Waals surface area contributed by atoms with Gasteiger partial charge in [-0.2, -0.15) is 0 Å². The molecule has 0 aliphatic carbocycles. The molecule has 1 unspecified atom stereocenters. The Kier molecular flexibility index (Phi) is 6.34. The summed E-state index contributed by atoms with van der Waals surface area (Å²) in [4.78, 5) is 44.3. The standard InChI is InChI=1S/C26H29N3O5/c1-33-23-9-8-18(16-29-25(31)20-6-2-3-7-21(20)26(29)32)15-22(23)24(30)28-12-10-27(11-13-28)17-19-5-4-14-34-19/h2-3,6-9,15,19H,4-5,10-14,16-17H2,1H3. The number of hydrogen-bond donors (Lipinski definition) is 0. The van der Waals surface area contributed by atoms with Gasteiger partial charge < -0.3 is 14.4 Å². The van der Waals surface area contributed by atoms with Gasteiger partial charge in [0, 0.05) is 39.3 Å². The van der Waals surface area contributed by atoms with Crippen LogP contribution in [0.2, 0.25) is 0 Å². The molecule has 5 rings (SSSR count). The second-order valence-corrected chi connectivity index (χ2v) is 9.00. The first-order valence-corrected chi connectivity index (χ1v) is 11.8. The van der Waals surface area contributed by atoms with Gasteiger partial charge in [-0.15, -0.1) is 0 Å². The first-order chi connectivity index (χ1) is 16.5. The van der Waals surface area contributed by atoms with Crippen LogP contribution in [-0.4, -0.2) is 85.0 Å². The average molecular weight is 464 g/mol. The van der Waals surface area contributed by atoms with Crippen LogP contribution in [0.4, 0.5) is 0 Å². The third kappa shape index (κ3) is 4.31. The van der Waals surface area contributed by atoms with Gasteiger partial charge in [-0.05, 0) is 42.7 Å². The Bertz CT molecular complexity index is 1070. The van der Waals surface area contributed by atoms with E-state index in [1.807, 2.05) is 4.90 Å². The molecule has 2 aromatic rings. The van der Waals surface area contributed by atoms with Crippen molar-refractivity contribution >= 4 is 17.7 Å². The van der Waals surface area contributed by atoms with Gasteiger partial charge in [0.25, 0.3) is 17.7 Å². The van der Waals surface area contributed by atoms with Gasteiger partial charge in [0.15, 0.2) is 0 Å². The third-order valence-corrected chi connectivity index (χ3v) is 6.86. The number of carbonyl (C=O) groups excluding carboxylic acids is 3. The highest BCUT2D eigenvalue weighted by Crippen LogP contribution is 2.27. The van der Waals surface area contributed by atoms with Crippen LogP contribution in [0.5, 0.6) is 5.75 Å². The fourth-order valence-electron chi connectivity index (χ4n) is 4.97. The van der Waals surface area contributed by atoms with E-state index in [1.54, 1.807) is 42.5 Å². The van der Waals surface area contributed by atoms with E-state index in [1.165, 1.54) is 12.0 Å². The number of methoxy groups -OCH3 is 1.